The maximum atomic E-state index is 12.7. The van der Waals surface area contributed by atoms with Gasteiger partial charge in [0.25, 0.3) is 5.91 Å². The number of carbonyl (C=O) groups excluding carboxylic acids is 1. The molecule has 0 bridgehead atoms. The minimum Gasteiger partial charge on any atom is -0.337 e. The lowest BCUT2D eigenvalue weighted by atomic mass is 9.85. The molecule has 0 atom stereocenters. The van der Waals surface area contributed by atoms with E-state index in [0.29, 0.717) is 23.2 Å². The maximum Gasteiger partial charge on any atom is 0.272 e. The zero-order valence-electron chi connectivity index (χ0n) is 12.2. The van der Waals surface area contributed by atoms with Crippen molar-refractivity contribution in [2.24, 2.45) is 5.92 Å². The Hall–Kier alpha value is -1.61. The van der Waals surface area contributed by atoms with Gasteiger partial charge in [-0.25, -0.2) is 4.98 Å². The Balaban J connectivity index is 1.88. The van der Waals surface area contributed by atoms with Gasteiger partial charge in [0.1, 0.15) is 5.69 Å². The quantitative estimate of drug-likeness (QED) is 0.850. The van der Waals surface area contributed by atoms with Crippen molar-refractivity contribution in [3.05, 3.63) is 41.0 Å². The van der Waals surface area contributed by atoms with Gasteiger partial charge >= 0.3 is 0 Å². The molecule has 1 heterocycles. The van der Waals surface area contributed by atoms with Crippen LogP contribution in [0.1, 0.15) is 36.7 Å². The van der Waals surface area contributed by atoms with Crippen molar-refractivity contribution >= 4 is 28.4 Å². The van der Waals surface area contributed by atoms with E-state index in [4.69, 9.17) is 11.6 Å². The minimum absolute atomic E-state index is 0.0166. The average Bonchev–Trinajstić information content (AvgIpc) is 2.46. The van der Waals surface area contributed by atoms with Crippen LogP contribution < -0.4 is 0 Å². The molecular weight excluding hydrogens is 284 g/mol. The van der Waals surface area contributed by atoms with Crippen molar-refractivity contribution in [2.75, 3.05) is 13.1 Å². The summed E-state index contributed by atoms with van der Waals surface area (Å²) in [6.07, 6.45) is 3.75. The van der Waals surface area contributed by atoms with Gasteiger partial charge < -0.3 is 4.90 Å². The predicted molar refractivity (Wildman–Crippen MR) is 85.7 cm³/mol. The zero-order valence-corrected chi connectivity index (χ0v) is 12.9. The summed E-state index contributed by atoms with van der Waals surface area (Å²) in [5, 5.41) is 1.47. The molecule has 0 unspecified atom stereocenters. The lowest BCUT2D eigenvalue weighted by Gasteiger charge is -2.31. The summed E-state index contributed by atoms with van der Waals surface area (Å²) < 4.78 is 0. The van der Waals surface area contributed by atoms with E-state index in [1.807, 2.05) is 36.1 Å². The largest absolute Gasteiger partial charge is 0.337 e. The molecule has 1 aromatic carbocycles. The van der Waals surface area contributed by atoms with Gasteiger partial charge in [0.2, 0.25) is 0 Å². The molecule has 21 heavy (non-hydrogen) atoms. The molecular formula is C17H19ClN2O. The highest BCUT2D eigenvalue weighted by Crippen LogP contribution is 2.28. The number of aromatic nitrogens is 1. The van der Waals surface area contributed by atoms with E-state index in [1.165, 1.54) is 19.3 Å². The number of fused-ring (bicyclic) bond motifs is 1. The first-order valence-corrected chi connectivity index (χ1v) is 7.91. The van der Waals surface area contributed by atoms with Gasteiger partial charge in [-0.1, -0.05) is 36.2 Å². The van der Waals surface area contributed by atoms with Crippen molar-refractivity contribution in [3.63, 3.8) is 0 Å². The number of hydrogen-bond acceptors (Lipinski definition) is 2. The van der Waals surface area contributed by atoms with Crippen molar-refractivity contribution < 1.29 is 4.79 Å². The van der Waals surface area contributed by atoms with Gasteiger partial charge in [-0.15, -0.1) is 0 Å². The Morgan fingerprint density at radius 3 is 2.81 bits per heavy atom. The third-order valence-electron chi connectivity index (χ3n) is 4.26. The van der Waals surface area contributed by atoms with Crippen molar-refractivity contribution in [3.8, 4) is 0 Å². The normalized spacial score (nSPS) is 15.0. The van der Waals surface area contributed by atoms with Crippen LogP contribution in [-0.2, 0) is 0 Å². The zero-order chi connectivity index (χ0) is 14.8. The predicted octanol–water partition coefficient (Wildman–Crippen LogP) is 4.15. The van der Waals surface area contributed by atoms with E-state index in [0.717, 1.165) is 17.4 Å². The van der Waals surface area contributed by atoms with Crippen LogP contribution in [0.3, 0.4) is 0 Å². The van der Waals surface area contributed by atoms with Crippen LogP contribution in [0.25, 0.3) is 10.9 Å². The highest BCUT2D eigenvalue weighted by Gasteiger charge is 2.24. The molecule has 3 nitrogen and oxygen atoms in total. The van der Waals surface area contributed by atoms with E-state index < -0.39 is 0 Å². The van der Waals surface area contributed by atoms with Gasteiger partial charge in [-0.3, -0.25) is 4.79 Å². The van der Waals surface area contributed by atoms with Crippen LogP contribution in [0.15, 0.2) is 30.3 Å². The molecule has 3 rings (SSSR count). The number of para-hydroxylation sites is 1. The summed E-state index contributed by atoms with van der Waals surface area (Å²) in [7, 11) is 0. The molecule has 110 valence electrons. The number of amides is 1. The molecule has 2 aromatic rings. The van der Waals surface area contributed by atoms with Crippen LogP contribution >= 0.6 is 11.6 Å². The Labute approximate surface area is 129 Å². The second-order valence-corrected chi connectivity index (χ2v) is 6.05. The maximum absolute atomic E-state index is 12.7. The SMILES string of the molecule is CCN(CC1CCC1)C(=O)c1cc(Cl)c2ccccc2n1. The third kappa shape index (κ3) is 2.88. The topological polar surface area (TPSA) is 33.2 Å². The molecule has 1 aliphatic carbocycles. The molecule has 0 saturated heterocycles. The van der Waals surface area contributed by atoms with Crippen LogP contribution in [0, 0.1) is 5.92 Å². The van der Waals surface area contributed by atoms with Gasteiger partial charge in [0.15, 0.2) is 0 Å². The summed E-state index contributed by atoms with van der Waals surface area (Å²) in [4.78, 5) is 19.0. The van der Waals surface area contributed by atoms with E-state index in [9.17, 15) is 4.79 Å². The first-order chi connectivity index (χ1) is 10.2. The van der Waals surface area contributed by atoms with E-state index in [2.05, 4.69) is 4.98 Å². The number of benzene rings is 1. The van der Waals surface area contributed by atoms with Crippen LogP contribution in [0.4, 0.5) is 0 Å². The summed E-state index contributed by atoms with van der Waals surface area (Å²) in [5.41, 5.74) is 1.22. The monoisotopic (exact) mass is 302 g/mol. The van der Waals surface area contributed by atoms with Gasteiger partial charge in [0, 0.05) is 18.5 Å². The standard InChI is InChI=1S/C17H19ClN2O/c1-2-20(11-12-6-5-7-12)17(21)16-10-14(18)13-8-3-4-9-15(13)19-16/h3-4,8-10,12H,2,5-7,11H2,1H3. The van der Waals surface area contributed by atoms with Gasteiger partial charge in [-0.05, 0) is 37.8 Å². The molecule has 0 aliphatic heterocycles. The lowest BCUT2D eigenvalue weighted by molar-refractivity contribution is 0.0701. The molecule has 1 saturated carbocycles. The molecule has 0 radical (unpaired) electrons. The van der Waals surface area contributed by atoms with Crippen LogP contribution in [0.5, 0.6) is 0 Å². The molecule has 1 amide bonds. The first-order valence-electron chi connectivity index (χ1n) is 7.53. The number of carbonyl (C=O) groups is 1. The van der Waals surface area contributed by atoms with E-state index in [1.54, 1.807) is 6.07 Å². The molecule has 1 fully saturated rings. The fourth-order valence-electron chi connectivity index (χ4n) is 2.75. The fourth-order valence-corrected chi connectivity index (χ4v) is 3.01. The number of pyridine rings is 1. The summed E-state index contributed by atoms with van der Waals surface area (Å²) in [6, 6.07) is 9.33. The van der Waals surface area contributed by atoms with Crippen molar-refractivity contribution in [1.29, 1.82) is 0 Å². The summed E-state index contributed by atoms with van der Waals surface area (Å²) in [5.74, 6) is 0.641. The Morgan fingerprint density at radius 1 is 1.38 bits per heavy atom. The van der Waals surface area contributed by atoms with Crippen molar-refractivity contribution in [1.82, 2.24) is 9.88 Å². The van der Waals surface area contributed by atoms with E-state index >= 15 is 0 Å². The summed E-state index contributed by atoms with van der Waals surface area (Å²) in [6.45, 7) is 3.56. The van der Waals surface area contributed by atoms with Crippen LogP contribution in [-0.4, -0.2) is 28.9 Å². The summed E-state index contributed by atoms with van der Waals surface area (Å²) >= 11 is 6.29. The number of nitrogens with zero attached hydrogens (tertiary/aromatic N) is 2. The molecule has 1 aliphatic rings. The highest BCUT2D eigenvalue weighted by atomic mass is 35.5. The minimum atomic E-state index is -0.0166. The number of hydrogen-bond donors (Lipinski definition) is 0. The smallest absolute Gasteiger partial charge is 0.272 e. The average molecular weight is 303 g/mol. The fraction of sp³-hybridized carbons (Fsp3) is 0.412. The highest BCUT2D eigenvalue weighted by molar-refractivity contribution is 6.35. The molecule has 0 N–H and O–H groups in total. The van der Waals surface area contributed by atoms with Crippen LogP contribution in [0.2, 0.25) is 5.02 Å². The Kier molecular flexibility index (Phi) is 4.11. The first kappa shape index (κ1) is 14.3. The molecule has 0 spiro atoms. The third-order valence-corrected chi connectivity index (χ3v) is 4.57. The second-order valence-electron chi connectivity index (χ2n) is 5.65. The lowest BCUT2D eigenvalue weighted by Crippen LogP contribution is -2.37. The van der Waals surface area contributed by atoms with Gasteiger partial charge in [0.05, 0.1) is 10.5 Å². The second kappa shape index (κ2) is 6.02. The number of rotatable bonds is 4. The number of halogens is 1. The molecule has 1 aromatic heterocycles. The Bertz CT molecular complexity index is 667. The van der Waals surface area contributed by atoms with Gasteiger partial charge in [-0.2, -0.15) is 0 Å². The van der Waals surface area contributed by atoms with Crippen molar-refractivity contribution in [2.45, 2.75) is 26.2 Å². The molecule has 4 heteroatoms. The Morgan fingerprint density at radius 2 is 2.14 bits per heavy atom. The van der Waals surface area contributed by atoms with E-state index in [-0.39, 0.29) is 5.91 Å².